The summed E-state index contributed by atoms with van der Waals surface area (Å²) in [6, 6.07) is 3.42. The third kappa shape index (κ3) is 2.04. The van der Waals surface area contributed by atoms with Crippen LogP contribution in [0.2, 0.25) is 0 Å². The molecule has 1 aliphatic rings. The third-order valence-electron chi connectivity index (χ3n) is 1.91. The molecule has 15 heavy (non-hydrogen) atoms. The van der Waals surface area contributed by atoms with Crippen molar-refractivity contribution in [3.05, 3.63) is 24.2 Å². The van der Waals surface area contributed by atoms with E-state index in [1.165, 1.54) is 12.5 Å². The topological polar surface area (TPSA) is 74.9 Å². The van der Waals surface area contributed by atoms with E-state index in [1.54, 1.807) is 12.1 Å². The molecule has 2 rings (SSSR count). The zero-order valence-corrected chi connectivity index (χ0v) is 7.84. The minimum absolute atomic E-state index is 0.377. The monoisotopic (exact) mass is 207 g/mol. The molecule has 0 atom stereocenters. The van der Waals surface area contributed by atoms with Crippen molar-refractivity contribution >= 4 is 18.0 Å². The van der Waals surface area contributed by atoms with Gasteiger partial charge >= 0.3 is 11.8 Å². The van der Waals surface area contributed by atoms with Gasteiger partial charge in [-0.1, -0.05) is 0 Å². The number of hydrazone groups is 1. The van der Waals surface area contributed by atoms with Crippen molar-refractivity contribution in [2.45, 2.75) is 0 Å². The van der Waals surface area contributed by atoms with Crippen LogP contribution in [0.5, 0.6) is 0 Å². The maximum Gasteiger partial charge on any atom is 0.331 e. The van der Waals surface area contributed by atoms with E-state index in [0.29, 0.717) is 18.8 Å². The highest BCUT2D eigenvalue weighted by atomic mass is 16.3. The van der Waals surface area contributed by atoms with E-state index in [0.717, 1.165) is 5.01 Å². The molecule has 78 valence electrons. The molecule has 6 heteroatoms. The Bertz CT molecular complexity index is 397. The molecule has 1 N–H and O–H groups in total. The van der Waals surface area contributed by atoms with E-state index in [2.05, 4.69) is 10.4 Å². The Hall–Kier alpha value is -2.11. The molecule has 6 nitrogen and oxygen atoms in total. The Kier molecular flexibility index (Phi) is 2.49. The molecule has 0 saturated carbocycles. The Balaban J connectivity index is 2.05. The average molecular weight is 207 g/mol. The highest BCUT2D eigenvalue weighted by Crippen LogP contribution is 1.99. The molecule has 1 aliphatic heterocycles. The summed E-state index contributed by atoms with van der Waals surface area (Å²) in [5.41, 5.74) is 0. The standard InChI is InChI=1S/C9H9N3O3/c13-8-9(14)12(4-3-10-8)11-6-7-2-1-5-15-7/h1-2,5-6H,3-4H2,(H,10,13)/b11-6+. The van der Waals surface area contributed by atoms with Gasteiger partial charge in [-0.2, -0.15) is 5.10 Å². The highest BCUT2D eigenvalue weighted by molar-refractivity contribution is 6.35. The van der Waals surface area contributed by atoms with Crippen molar-refractivity contribution in [3.8, 4) is 0 Å². The van der Waals surface area contributed by atoms with Gasteiger partial charge in [0, 0.05) is 6.54 Å². The van der Waals surface area contributed by atoms with E-state index < -0.39 is 11.8 Å². The smallest absolute Gasteiger partial charge is 0.331 e. The lowest BCUT2D eigenvalue weighted by Crippen LogP contribution is -2.49. The molecule has 0 bridgehead atoms. The number of nitrogens with one attached hydrogen (secondary N) is 1. The molecular formula is C9H9N3O3. The molecule has 1 fully saturated rings. The normalized spacial score (nSPS) is 17.2. The lowest BCUT2D eigenvalue weighted by molar-refractivity contribution is -0.148. The fraction of sp³-hybridized carbons (Fsp3) is 0.222. The second-order valence-corrected chi connectivity index (χ2v) is 2.94. The Morgan fingerprint density at radius 3 is 3.13 bits per heavy atom. The van der Waals surface area contributed by atoms with E-state index >= 15 is 0 Å². The Labute approximate surface area is 85.5 Å². The molecule has 1 aromatic heterocycles. The average Bonchev–Trinajstić information content (AvgIpc) is 2.73. The van der Waals surface area contributed by atoms with Crippen LogP contribution in [0, 0.1) is 0 Å². The highest BCUT2D eigenvalue weighted by Gasteiger charge is 2.25. The van der Waals surface area contributed by atoms with Crippen LogP contribution in [0.4, 0.5) is 0 Å². The number of hydrogen-bond donors (Lipinski definition) is 1. The van der Waals surface area contributed by atoms with E-state index in [4.69, 9.17) is 4.42 Å². The molecule has 0 aromatic carbocycles. The van der Waals surface area contributed by atoms with Crippen LogP contribution >= 0.6 is 0 Å². The summed E-state index contributed by atoms with van der Waals surface area (Å²) in [6.07, 6.45) is 2.91. The van der Waals surface area contributed by atoms with Crippen LogP contribution in [-0.2, 0) is 9.59 Å². The first-order chi connectivity index (χ1) is 7.27. The van der Waals surface area contributed by atoms with E-state index in [1.807, 2.05) is 0 Å². The van der Waals surface area contributed by atoms with Crippen molar-refractivity contribution in [3.63, 3.8) is 0 Å². The van der Waals surface area contributed by atoms with E-state index in [-0.39, 0.29) is 0 Å². The number of rotatable bonds is 2. The number of piperazine rings is 1. The summed E-state index contributed by atoms with van der Waals surface area (Å²) in [5, 5.41) is 7.40. The first-order valence-electron chi connectivity index (χ1n) is 4.44. The summed E-state index contributed by atoms with van der Waals surface area (Å²) < 4.78 is 5.00. The van der Waals surface area contributed by atoms with Crippen molar-refractivity contribution in [2.24, 2.45) is 5.10 Å². The number of furan rings is 1. The van der Waals surface area contributed by atoms with Crippen molar-refractivity contribution < 1.29 is 14.0 Å². The maximum atomic E-state index is 11.3. The molecule has 0 unspecified atom stereocenters. The van der Waals surface area contributed by atoms with Crippen LogP contribution in [0.15, 0.2) is 27.9 Å². The number of hydrogen-bond acceptors (Lipinski definition) is 4. The van der Waals surface area contributed by atoms with Crippen LogP contribution in [0.3, 0.4) is 0 Å². The number of amides is 2. The van der Waals surface area contributed by atoms with Gasteiger partial charge in [0.25, 0.3) is 0 Å². The summed E-state index contributed by atoms with van der Waals surface area (Å²) in [4.78, 5) is 22.2. The Morgan fingerprint density at radius 1 is 1.53 bits per heavy atom. The fourth-order valence-electron chi connectivity index (χ4n) is 1.17. The summed E-state index contributed by atoms with van der Waals surface area (Å²) in [6.45, 7) is 0.794. The zero-order valence-electron chi connectivity index (χ0n) is 7.84. The van der Waals surface area contributed by atoms with E-state index in [9.17, 15) is 9.59 Å². The SMILES string of the molecule is O=C1NCCN(/N=C/c2ccco2)C1=O. The van der Waals surface area contributed by atoms with Crippen molar-refractivity contribution in [1.29, 1.82) is 0 Å². The van der Waals surface area contributed by atoms with Gasteiger partial charge in [-0.15, -0.1) is 0 Å². The van der Waals surface area contributed by atoms with Crippen LogP contribution < -0.4 is 5.32 Å². The number of carbonyl (C=O) groups excluding carboxylic acids is 2. The minimum atomic E-state index is -0.649. The second-order valence-electron chi connectivity index (χ2n) is 2.94. The summed E-state index contributed by atoms with van der Waals surface area (Å²) >= 11 is 0. The minimum Gasteiger partial charge on any atom is -0.463 e. The fourth-order valence-corrected chi connectivity index (χ4v) is 1.17. The third-order valence-corrected chi connectivity index (χ3v) is 1.91. The maximum absolute atomic E-state index is 11.3. The summed E-state index contributed by atoms with van der Waals surface area (Å²) in [5.74, 6) is -0.740. The molecule has 0 aliphatic carbocycles. The van der Waals surface area contributed by atoms with Gasteiger partial charge in [0.2, 0.25) is 0 Å². The largest absolute Gasteiger partial charge is 0.463 e. The zero-order chi connectivity index (χ0) is 10.7. The Morgan fingerprint density at radius 2 is 2.40 bits per heavy atom. The van der Waals surface area contributed by atoms with Gasteiger partial charge in [-0.3, -0.25) is 9.59 Å². The molecule has 2 heterocycles. The molecule has 1 saturated heterocycles. The van der Waals surface area contributed by atoms with Crippen LogP contribution in [0.25, 0.3) is 0 Å². The number of carbonyl (C=O) groups is 2. The van der Waals surface area contributed by atoms with Crippen molar-refractivity contribution in [2.75, 3.05) is 13.1 Å². The summed E-state index contributed by atoms with van der Waals surface area (Å²) in [7, 11) is 0. The first kappa shape index (κ1) is 9.45. The van der Waals surface area contributed by atoms with Gasteiger partial charge < -0.3 is 9.73 Å². The van der Waals surface area contributed by atoms with Gasteiger partial charge in [0.15, 0.2) is 0 Å². The molecule has 2 amide bonds. The predicted molar refractivity (Wildman–Crippen MR) is 51.0 cm³/mol. The van der Waals surface area contributed by atoms with Gasteiger partial charge in [0.1, 0.15) is 5.76 Å². The molecule has 0 radical (unpaired) electrons. The predicted octanol–water partition coefficient (Wildman–Crippen LogP) is -0.428. The van der Waals surface area contributed by atoms with Gasteiger partial charge in [-0.25, -0.2) is 5.01 Å². The van der Waals surface area contributed by atoms with Crippen LogP contribution in [-0.4, -0.2) is 36.1 Å². The molecule has 1 aromatic rings. The van der Waals surface area contributed by atoms with Crippen LogP contribution in [0.1, 0.15) is 5.76 Å². The van der Waals surface area contributed by atoms with Crippen molar-refractivity contribution in [1.82, 2.24) is 10.3 Å². The second kappa shape index (κ2) is 3.95. The van der Waals surface area contributed by atoms with Gasteiger partial charge in [-0.05, 0) is 12.1 Å². The first-order valence-corrected chi connectivity index (χ1v) is 4.44. The molecule has 0 spiro atoms. The number of nitrogens with zero attached hydrogens (tertiary/aromatic N) is 2. The van der Waals surface area contributed by atoms with Gasteiger partial charge in [0.05, 0.1) is 19.0 Å². The lowest BCUT2D eigenvalue weighted by atomic mass is 10.4. The molecular weight excluding hydrogens is 198 g/mol. The lowest BCUT2D eigenvalue weighted by Gasteiger charge is -2.20. The quantitative estimate of drug-likeness (QED) is 0.528.